The number of rotatable bonds is 5. The number of nitrogens with one attached hydrogen (secondary N) is 1. The molecular formula is C21H31N3. The first-order chi connectivity index (χ1) is 11.2. The maximum Gasteiger partial charge on any atom is 0.0405 e. The van der Waals surface area contributed by atoms with Crippen LogP contribution in [0.1, 0.15) is 43.9 Å². The van der Waals surface area contributed by atoms with Gasteiger partial charge in [0.15, 0.2) is 0 Å². The minimum Gasteiger partial charge on any atom is -0.377 e. The molecule has 24 heavy (non-hydrogen) atoms. The number of nitrogens with zero attached hydrogens (tertiary/aromatic N) is 2. The van der Waals surface area contributed by atoms with Crippen LogP contribution in [-0.2, 0) is 5.41 Å². The molecule has 1 aliphatic rings. The molecule has 0 saturated carbocycles. The molecule has 0 saturated heterocycles. The maximum absolute atomic E-state index is 8.12. The van der Waals surface area contributed by atoms with E-state index in [1.54, 1.807) is 6.21 Å². The monoisotopic (exact) mass is 325 g/mol. The van der Waals surface area contributed by atoms with Crippen molar-refractivity contribution in [3.05, 3.63) is 46.5 Å². The molecule has 0 aliphatic heterocycles. The minimum atomic E-state index is -0.0171. The van der Waals surface area contributed by atoms with Crippen molar-refractivity contribution in [2.75, 3.05) is 39.6 Å². The average molecular weight is 326 g/mol. The summed E-state index contributed by atoms with van der Waals surface area (Å²) < 4.78 is 0. The van der Waals surface area contributed by atoms with Crippen LogP contribution < -0.4 is 4.90 Å². The van der Waals surface area contributed by atoms with Crippen molar-refractivity contribution < 1.29 is 0 Å². The first kappa shape index (κ1) is 18.5. The van der Waals surface area contributed by atoms with Crippen LogP contribution in [0.3, 0.4) is 0 Å². The fourth-order valence-corrected chi connectivity index (χ4v) is 3.50. The van der Waals surface area contributed by atoms with Crippen molar-refractivity contribution in [3.63, 3.8) is 0 Å². The van der Waals surface area contributed by atoms with Crippen LogP contribution in [0.2, 0.25) is 0 Å². The topological polar surface area (TPSA) is 30.3 Å². The van der Waals surface area contributed by atoms with Crippen LogP contribution in [-0.4, -0.2) is 45.8 Å². The first-order valence-corrected chi connectivity index (χ1v) is 8.55. The summed E-state index contributed by atoms with van der Waals surface area (Å²) in [6, 6.07) is 4.41. The molecule has 130 valence electrons. The number of likely N-dealkylation sites (N-methyl/N-ethyl adjacent to an activating group) is 1. The van der Waals surface area contributed by atoms with E-state index in [4.69, 9.17) is 5.41 Å². The molecule has 0 unspecified atom stereocenters. The zero-order valence-electron chi connectivity index (χ0n) is 16.2. The number of benzene rings is 1. The molecule has 0 spiro atoms. The van der Waals surface area contributed by atoms with E-state index in [0.717, 1.165) is 18.5 Å². The van der Waals surface area contributed by atoms with E-state index >= 15 is 0 Å². The smallest absolute Gasteiger partial charge is 0.0405 e. The summed E-state index contributed by atoms with van der Waals surface area (Å²) in [5.41, 5.74) is 7.43. The van der Waals surface area contributed by atoms with Crippen molar-refractivity contribution in [3.8, 4) is 0 Å². The van der Waals surface area contributed by atoms with Gasteiger partial charge in [-0.15, -0.1) is 0 Å². The molecule has 0 radical (unpaired) electrons. The van der Waals surface area contributed by atoms with E-state index in [0.29, 0.717) is 0 Å². The van der Waals surface area contributed by atoms with Crippen LogP contribution in [0.25, 0.3) is 5.57 Å². The Kier molecular flexibility index (Phi) is 5.34. The Bertz CT molecular complexity index is 686. The standard InChI is InChI=1S/C21H31N3/c1-21(2,3)20-18(13-22)17(11-12-19(20)24(6)7)16-10-8-9-15(16)14-23(4)5/h8-9,11-13,22H,10,14H2,1-7H3. The van der Waals surface area contributed by atoms with Crippen LogP contribution in [0, 0.1) is 5.41 Å². The van der Waals surface area contributed by atoms with E-state index in [-0.39, 0.29) is 5.41 Å². The Hall–Kier alpha value is -1.87. The first-order valence-electron chi connectivity index (χ1n) is 8.55. The van der Waals surface area contributed by atoms with Gasteiger partial charge in [0.1, 0.15) is 0 Å². The van der Waals surface area contributed by atoms with E-state index < -0.39 is 0 Å². The molecule has 1 aliphatic carbocycles. The number of allylic oxidation sites excluding steroid dienone is 2. The SMILES string of the molecule is CN(C)CC1=C(c2ccc(N(C)C)c(C(C)(C)C)c2C=N)CC=C1. The zero-order chi connectivity index (χ0) is 18.1. The summed E-state index contributed by atoms with van der Waals surface area (Å²) in [4.78, 5) is 4.35. The Balaban J connectivity index is 2.71. The van der Waals surface area contributed by atoms with Crippen molar-refractivity contribution in [2.24, 2.45) is 0 Å². The average Bonchev–Trinajstić information content (AvgIpc) is 2.91. The highest BCUT2D eigenvalue weighted by Crippen LogP contribution is 2.40. The fourth-order valence-electron chi connectivity index (χ4n) is 3.50. The third kappa shape index (κ3) is 3.62. The van der Waals surface area contributed by atoms with Crippen LogP contribution in [0.5, 0.6) is 0 Å². The van der Waals surface area contributed by atoms with Crippen molar-refractivity contribution in [1.82, 2.24) is 4.90 Å². The van der Waals surface area contributed by atoms with Gasteiger partial charge in [0.2, 0.25) is 0 Å². The molecule has 1 aromatic carbocycles. The van der Waals surface area contributed by atoms with Crippen molar-refractivity contribution in [1.29, 1.82) is 5.41 Å². The highest BCUT2D eigenvalue weighted by atomic mass is 15.1. The lowest BCUT2D eigenvalue weighted by molar-refractivity contribution is 0.450. The van der Waals surface area contributed by atoms with Gasteiger partial charge in [-0.25, -0.2) is 0 Å². The highest BCUT2D eigenvalue weighted by Gasteiger charge is 2.26. The summed E-state index contributed by atoms with van der Waals surface area (Å²) in [6.07, 6.45) is 6.97. The fraction of sp³-hybridized carbons (Fsp3) is 0.476. The van der Waals surface area contributed by atoms with Gasteiger partial charge in [-0.05, 0) is 54.3 Å². The third-order valence-corrected chi connectivity index (χ3v) is 4.44. The summed E-state index contributed by atoms with van der Waals surface area (Å²) >= 11 is 0. The second-order valence-electron chi connectivity index (χ2n) is 8.06. The van der Waals surface area contributed by atoms with Crippen LogP contribution >= 0.6 is 0 Å². The Morgan fingerprint density at radius 2 is 1.79 bits per heavy atom. The second-order valence-corrected chi connectivity index (χ2v) is 8.06. The number of anilines is 1. The molecule has 0 fully saturated rings. The van der Waals surface area contributed by atoms with Crippen LogP contribution in [0.15, 0.2) is 29.9 Å². The lowest BCUT2D eigenvalue weighted by atomic mass is 9.79. The summed E-state index contributed by atoms with van der Waals surface area (Å²) in [7, 11) is 8.35. The molecule has 2 rings (SSSR count). The Labute approximate surface area is 147 Å². The minimum absolute atomic E-state index is 0.0171. The van der Waals surface area contributed by atoms with E-state index in [2.05, 4.69) is 83.0 Å². The van der Waals surface area contributed by atoms with Gasteiger partial charge in [-0.3, -0.25) is 0 Å². The molecule has 3 heteroatoms. The summed E-state index contributed by atoms with van der Waals surface area (Å²) in [5, 5.41) is 8.12. The lowest BCUT2D eigenvalue weighted by Gasteiger charge is -2.30. The molecule has 0 atom stereocenters. The number of hydrogen-bond acceptors (Lipinski definition) is 3. The van der Waals surface area contributed by atoms with Gasteiger partial charge in [0.05, 0.1) is 0 Å². The molecule has 1 aromatic rings. The van der Waals surface area contributed by atoms with Crippen LogP contribution in [0.4, 0.5) is 5.69 Å². The molecule has 0 bridgehead atoms. The zero-order valence-corrected chi connectivity index (χ0v) is 16.2. The van der Waals surface area contributed by atoms with Gasteiger partial charge >= 0.3 is 0 Å². The normalized spacial score (nSPS) is 14.7. The van der Waals surface area contributed by atoms with Gasteiger partial charge in [-0.2, -0.15) is 0 Å². The predicted octanol–water partition coefficient (Wildman–Crippen LogP) is 4.32. The lowest BCUT2D eigenvalue weighted by Crippen LogP contribution is -2.22. The predicted molar refractivity (Wildman–Crippen MR) is 107 cm³/mol. The Morgan fingerprint density at radius 1 is 1.12 bits per heavy atom. The van der Waals surface area contributed by atoms with E-state index in [1.807, 2.05) is 0 Å². The van der Waals surface area contributed by atoms with Crippen molar-refractivity contribution >= 4 is 17.5 Å². The highest BCUT2D eigenvalue weighted by molar-refractivity contribution is 5.93. The number of hydrogen-bond donors (Lipinski definition) is 1. The van der Waals surface area contributed by atoms with E-state index in [9.17, 15) is 0 Å². The van der Waals surface area contributed by atoms with Gasteiger partial charge < -0.3 is 15.2 Å². The molecule has 1 N–H and O–H groups in total. The Morgan fingerprint density at radius 3 is 2.29 bits per heavy atom. The molecule has 3 nitrogen and oxygen atoms in total. The van der Waals surface area contributed by atoms with Gasteiger partial charge in [0.25, 0.3) is 0 Å². The second kappa shape index (κ2) is 6.94. The summed E-state index contributed by atoms with van der Waals surface area (Å²) in [6.45, 7) is 7.62. The van der Waals surface area contributed by atoms with Crippen molar-refractivity contribution in [2.45, 2.75) is 32.6 Å². The molecular weight excluding hydrogens is 294 g/mol. The molecule has 0 heterocycles. The summed E-state index contributed by atoms with van der Waals surface area (Å²) in [5.74, 6) is 0. The third-order valence-electron chi connectivity index (χ3n) is 4.44. The maximum atomic E-state index is 8.12. The molecule has 0 aromatic heterocycles. The van der Waals surface area contributed by atoms with Gasteiger partial charge in [-0.1, -0.05) is 39.0 Å². The molecule has 0 amide bonds. The quantitative estimate of drug-likeness (QED) is 0.817. The largest absolute Gasteiger partial charge is 0.377 e. The van der Waals surface area contributed by atoms with Gasteiger partial charge in [0, 0.05) is 38.1 Å². The van der Waals surface area contributed by atoms with E-state index in [1.165, 1.54) is 28.0 Å².